The average Bonchev–Trinajstić information content (AvgIpc) is 2.03. The van der Waals surface area contributed by atoms with E-state index in [-0.39, 0.29) is 0 Å². The van der Waals surface area contributed by atoms with Crippen LogP contribution in [0.2, 0.25) is 0 Å². The first-order chi connectivity index (χ1) is 7.51. The van der Waals surface area contributed by atoms with Crippen molar-refractivity contribution in [2.75, 3.05) is 13.1 Å². The molecule has 0 radical (unpaired) electrons. The van der Waals surface area contributed by atoms with E-state index in [1.165, 1.54) is 45.2 Å². The van der Waals surface area contributed by atoms with Crippen LogP contribution in [0.15, 0.2) is 0 Å². The van der Waals surface area contributed by atoms with Gasteiger partial charge in [-0.05, 0) is 43.9 Å². The van der Waals surface area contributed by atoms with Crippen molar-refractivity contribution in [2.45, 2.75) is 65.8 Å². The first-order valence-corrected chi connectivity index (χ1v) is 7.25. The van der Waals surface area contributed by atoms with E-state index in [0.717, 1.165) is 23.3 Å². The monoisotopic (exact) mass is 223 g/mol. The summed E-state index contributed by atoms with van der Waals surface area (Å²) in [5.41, 5.74) is 0.784. The first-order valence-electron chi connectivity index (χ1n) is 7.25. The molecule has 0 aromatic heterocycles. The third kappa shape index (κ3) is 2.61. The Morgan fingerprint density at radius 3 is 2.25 bits per heavy atom. The van der Waals surface area contributed by atoms with Gasteiger partial charge in [0, 0.05) is 19.1 Å². The van der Waals surface area contributed by atoms with Crippen molar-refractivity contribution >= 4 is 0 Å². The van der Waals surface area contributed by atoms with Gasteiger partial charge in [0.1, 0.15) is 0 Å². The lowest BCUT2D eigenvalue weighted by Crippen LogP contribution is -2.63. The topological polar surface area (TPSA) is 3.24 Å². The van der Waals surface area contributed by atoms with Crippen LogP contribution in [0.25, 0.3) is 0 Å². The molecule has 16 heavy (non-hydrogen) atoms. The Balaban J connectivity index is 1.57. The average molecular weight is 223 g/mol. The van der Waals surface area contributed by atoms with Gasteiger partial charge in [0.25, 0.3) is 0 Å². The second-order valence-electron chi connectivity index (χ2n) is 7.10. The molecule has 0 unspecified atom stereocenters. The minimum absolute atomic E-state index is 0.769. The second kappa shape index (κ2) is 4.68. The first kappa shape index (κ1) is 12.4. The van der Waals surface area contributed by atoms with Crippen molar-refractivity contribution in [2.24, 2.45) is 17.3 Å². The zero-order valence-corrected chi connectivity index (χ0v) is 11.6. The number of hydrogen-bond acceptors (Lipinski definition) is 1. The maximum Gasteiger partial charge on any atom is 0.00534 e. The summed E-state index contributed by atoms with van der Waals surface area (Å²) in [4.78, 5) is 2.63. The molecule has 1 heterocycles. The van der Waals surface area contributed by atoms with E-state index in [9.17, 15) is 0 Å². The lowest BCUT2D eigenvalue weighted by Gasteiger charge is -2.60. The third-order valence-electron chi connectivity index (χ3n) is 4.64. The van der Waals surface area contributed by atoms with Gasteiger partial charge in [-0.3, -0.25) is 4.90 Å². The molecule has 1 nitrogen and oxygen atoms in total. The van der Waals surface area contributed by atoms with E-state index in [0.29, 0.717) is 0 Å². The summed E-state index contributed by atoms with van der Waals surface area (Å²) in [7, 11) is 0. The Hall–Kier alpha value is -0.0400. The molecule has 1 saturated heterocycles. The molecular formula is C15H29N. The van der Waals surface area contributed by atoms with Gasteiger partial charge in [0.15, 0.2) is 0 Å². The minimum Gasteiger partial charge on any atom is -0.300 e. The standard InChI is InChI=1S/C15H29N/c1-12(2)6-5-7-14-8-15(9-14)10-16(11-15)13(3)4/h12-14H,5-11H2,1-4H3. The fourth-order valence-corrected chi connectivity index (χ4v) is 3.62. The molecule has 2 rings (SSSR count). The van der Waals surface area contributed by atoms with Gasteiger partial charge in [-0.2, -0.15) is 0 Å². The zero-order valence-electron chi connectivity index (χ0n) is 11.6. The van der Waals surface area contributed by atoms with Crippen LogP contribution >= 0.6 is 0 Å². The Labute approximate surface area is 102 Å². The van der Waals surface area contributed by atoms with Crippen LogP contribution in [0.3, 0.4) is 0 Å². The lowest BCUT2D eigenvalue weighted by atomic mass is 9.56. The Morgan fingerprint density at radius 1 is 1.12 bits per heavy atom. The molecular weight excluding hydrogens is 194 g/mol. The van der Waals surface area contributed by atoms with Crippen molar-refractivity contribution in [3.05, 3.63) is 0 Å². The number of likely N-dealkylation sites (tertiary alicyclic amines) is 1. The molecule has 2 aliphatic rings. The highest BCUT2D eigenvalue weighted by molar-refractivity contribution is 5.04. The van der Waals surface area contributed by atoms with Crippen molar-refractivity contribution in [1.82, 2.24) is 4.90 Å². The summed E-state index contributed by atoms with van der Waals surface area (Å²) in [6.45, 7) is 12.1. The van der Waals surface area contributed by atoms with Crippen LogP contribution in [0.4, 0.5) is 0 Å². The quantitative estimate of drug-likeness (QED) is 0.682. The predicted molar refractivity (Wildman–Crippen MR) is 70.6 cm³/mol. The number of nitrogens with zero attached hydrogens (tertiary/aromatic N) is 1. The van der Waals surface area contributed by atoms with Crippen LogP contribution in [0.1, 0.15) is 59.8 Å². The second-order valence-corrected chi connectivity index (χ2v) is 7.10. The SMILES string of the molecule is CC(C)CCCC1CC2(C1)CN(C(C)C)C2. The molecule has 0 N–H and O–H groups in total. The van der Waals surface area contributed by atoms with Crippen LogP contribution in [-0.2, 0) is 0 Å². The van der Waals surface area contributed by atoms with Gasteiger partial charge >= 0.3 is 0 Å². The van der Waals surface area contributed by atoms with Crippen molar-refractivity contribution < 1.29 is 0 Å². The summed E-state index contributed by atoms with van der Waals surface area (Å²) in [6, 6.07) is 0.769. The summed E-state index contributed by atoms with van der Waals surface area (Å²) in [6.07, 6.45) is 7.47. The summed E-state index contributed by atoms with van der Waals surface area (Å²) in [5, 5.41) is 0. The summed E-state index contributed by atoms with van der Waals surface area (Å²) < 4.78 is 0. The maximum absolute atomic E-state index is 2.63. The van der Waals surface area contributed by atoms with Crippen molar-refractivity contribution in [1.29, 1.82) is 0 Å². The minimum atomic E-state index is 0.769. The van der Waals surface area contributed by atoms with Crippen LogP contribution in [0.5, 0.6) is 0 Å². The van der Waals surface area contributed by atoms with Crippen molar-refractivity contribution in [3.63, 3.8) is 0 Å². The smallest absolute Gasteiger partial charge is 0.00534 e. The fraction of sp³-hybridized carbons (Fsp3) is 1.00. The molecule has 1 spiro atoms. The van der Waals surface area contributed by atoms with E-state index in [4.69, 9.17) is 0 Å². The highest BCUT2D eigenvalue weighted by Crippen LogP contribution is 2.53. The van der Waals surface area contributed by atoms with E-state index in [1.807, 2.05) is 0 Å². The Morgan fingerprint density at radius 2 is 1.75 bits per heavy atom. The fourth-order valence-electron chi connectivity index (χ4n) is 3.62. The highest BCUT2D eigenvalue weighted by atomic mass is 15.2. The van der Waals surface area contributed by atoms with Gasteiger partial charge in [-0.1, -0.05) is 33.1 Å². The largest absolute Gasteiger partial charge is 0.300 e. The highest BCUT2D eigenvalue weighted by Gasteiger charge is 2.51. The van der Waals surface area contributed by atoms with E-state index in [2.05, 4.69) is 32.6 Å². The van der Waals surface area contributed by atoms with Crippen LogP contribution in [0, 0.1) is 17.3 Å². The normalized spacial score (nSPS) is 25.1. The third-order valence-corrected chi connectivity index (χ3v) is 4.64. The Kier molecular flexibility index (Phi) is 3.63. The molecule has 0 bridgehead atoms. The Bertz CT molecular complexity index is 218. The summed E-state index contributed by atoms with van der Waals surface area (Å²) in [5.74, 6) is 1.97. The predicted octanol–water partition coefficient (Wildman–Crippen LogP) is 3.93. The molecule has 1 heteroatoms. The zero-order chi connectivity index (χ0) is 11.8. The molecule has 0 amide bonds. The molecule has 0 aromatic carbocycles. The molecule has 0 atom stereocenters. The van der Waals surface area contributed by atoms with Gasteiger partial charge in [-0.15, -0.1) is 0 Å². The summed E-state index contributed by atoms with van der Waals surface area (Å²) >= 11 is 0. The van der Waals surface area contributed by atoms with Gasteiger partial charge < -0.3 is 0 Å². The van der Waals surface area contributed by atoms with E-state index >= 15 is 0 Å². The van der Waals surface area contributed by atoms with Crippen molar-refractivity contribution in [3.8, 4) is 0 Å². The maximum atomic E-state index is 2.63. The van der Waals surface area contributed by atoms with Crippen LogP contribution in [-0.4, -0.2) is 24.0 Å². The van der Waals surface area contributed by atoms with Crippen LogP contribution < -0.4 is 0 Å². The van der Waals surface area contributed by atoms with Gasteiger partial charge in [0.05, 0.1) is 0 Å². The van der Waals surface area contributed by atoms with E-state index < -0.39 is 0 Å². The van der Waals surface area contributed by atoms with Gasteiger partial charge in [-0.25, -0.2) is 0 Å². The molecule has 1 aliphatic carbocycles. The lowest BCUT2D eigenvalue weighted by molar-refractivity contribution is -0.109. The molecule has 1 aliphatic heterocycles. The molecule has 2 fully saturated rings. The molecule has 1 saturated carbocycles. The number of rotatable bonds is 5. The van der Waals surface area contributed by atoms with E-state index in [1.54, 1.807) is 0 Å². The van der Waals surface area contributed by atoms with Gasteiger partial charge in [0.2, 0.25) is 0 Å². The number of hydrogen-bond donors (Lipinski definition) is 0. The molecule has 94 valence electrons. The molecule has 0 aromatic rings.